The molecule has 0 spiro atoms. The summed E-state index contributed by atoms with van der Waals surface area (Å²) in [6, 6.07) is 6.46. The van der Waals surface area contributed by atoms with Crippen LogP contribution in [0.3, 0.4) is 0 Å². The van der Waals surface area contributed by atoms with Gasteiger partial charge >= 0.3 is 0 Å². The first-order chi connectivity index (χ1) is 8.76. The number of phenols is 1. The fourth-order valence-corrected chi connectivity index (χ4v) is 3.34. The molecule has 1 aromatic rings. The summed E-state index contributed by atoms with van der Waals surface area (Å²) in [7, 11) is 1.82. The lowest BCUT2D eigenvalue weighted by molar-refractivity contribution is 0.0941. The van der Waals surface area contributed by atoms with E-state index in [2.05, 4.69) is 11.0 Å². The van der Waals surface area contributed by atoms with E-state index >= 15 is 0 Å². The van der Waals surface area contributed by atoms with Crippen LogP contribution in [0, 0.1) is 0 Å². The third kappa shape index (κ3) is 2.25. The molecule has 1 saturated carbocycles. The van der Waals surface area contributed by atoms with Crippen LogP contribution in [-0.4, -0.2) is 35.8 Å². The van der Waals surface area contributed by atoms with Crippen LogP contribution in [0.1, 0.15) is 30.4 Å². The van der Waals surface area contributed by atoms with Crippen molar-refractivity contribution in [2.24, 2.45) is 0 Å². The van der Waals surface area contributed by atoms with E-state index in [-0.39, 0.29) is 0 Å². The zero-order valence-electron chi connectivity index (χ0n) is 10.9. The van der Waals surface area contributed by atoms with Crippen molar-refractivity contribution in [2.45, 2.75) is 44.4 Å². The fraction of sp³-hybridized carbons (Fsp3) is 0.600. The second-order valence-electron chi connectivity index (χ2n) is 5.50. The number of fused-ring (bicyclic) bond motifs is 1. The molecule has 1 N–H and O–H groups in total. The van der Waals surface area contributed by atoms with Gasteiger partial charge in [-0.1, -0.05) is 6.07 Å². The standard InChI is InChI=1S/C15H21NO2/c1-18-15-5-3-13(9-15)16-7-6-11-8-14(17)4-2-12(11)10-16/h2,4,8,13,15,17H,3,5-7,9-10H2,1H3. The van der Waals surface area contributed by atoms with Crippen LogP contribution < -0.4 is 0 Å². The fourth-order valence-electron chi connectivity index (χ4n) is 3.34. The molecule has 1 aliphatic carbocycles. The Morgan fingerprint density at radius 2 is 2.17 bits per heavy atom. The van der Waals surface area contributed by atoms with Crippen molar-refractivity contribution in [3.63, 3.8) is 0 Å². The average molecular weight is 247 g/mol. The van der Waals surface area contributed by atoms with E-state index in [0.29, 0.717) is 17.9 Å². The van der Waals surface area contributed by atoms with Crippen molar-refractivity contribution >= 4 is 0 Å². The van der Waals surface area contributed by atoms with Crippen LogP contribution >= 0.6 is 0 Å². The highest BCUT2D eigenvalue weighted by atomic mass is 16.5. The molecule has 1 aliphatic heterocycles. The summed E-state index contributed by atoms with van der Waals surface area (Å²) >= 11 is 0. The molecule has 0 aromatic heterocycles. The minimum atomic E-state index is 0.391. The summed E-state index contributed by atoms with van der Waals surface area (Å²) in [5.74, 6) is 0.391. The lowest BCUT2D eigenvalue weighted by Crippen LogP contribution is -2.38. The highest BCUT2D eigenvalue weighted by molar-refractivity contribution is 5.36. The van der Waals surface area contributed by atoms with Crippen LogP contribution in [0.15, 0.2) is 18.2 Å². The Balaban J connectivity index is 1.70. The van der Waals surface area contributed by atoms with Crippen molar-refractivity contribution in [1.29, 1.82) is 0 Å². The third-order valence-electron chi connectivity index (χ3n) is 4.44. The number of hydrogen-bond acceptors (Lipinski definition) is 3. The van der Waals surface area contributed by atoms with Gasteiger partial charge in [-0.15, -0.1) is 0 Å². The number of ether oxygens (including phenoxy) is 1. The predicted octanol–water partition coefficient (Wildman–Crippen LogP) is 2.32. The highest BCUT2D eigenvalue weighted by Crippen LogP contribution is 2.31. The van der Waals surface area contributed by atoms with E-state index in [1.807, 2.05) is 13.2 Å². The number of phenolic OH excluding ortho intramolecular Hbond substituents is 1. The van der Waals surface area contributed by atoms with E-state index in [1.54, 1.807) is 6.07 Å². The molecule has 3 nitrogen and oxygen atoms in total. The maximum absolute atomic E-state index is 9.50. The second-order valence-corrected chi connectivity index (χ2v) is 5.50. The average Bonchev–Trinajstić information content (AvgIpc) is 2.87. The number of benzene rings is 1. The van der Waals surface area contributed by atoms with Gasteiger partial charge < -0.3 is 9.84 Å². The molecule has 2 aliphatic rings. The Morgan fingerprint density at radius 1 is 1.28 bits per heavy atom. The summed E-state index contributed by atoms with van der Waals surface area (Å²) in [5, 5.41) is 9.50. The maximum atomic E-state index is 9.50. The number of rotatable bonds is 2. The van der Waals surface area contributed by atoms with Crippen LogP contribution in [-0.2, 0) is 17.7 Å². The summed E-state index contributed by atoms with van der Waals surface area (Å²) in [6.07, 6.45) is 5.13. The van der Waals surface area contributed by atoms with Gasteiger partial charge in [0.2, 0.25) is 0 Å². The van der Waals surface area contributed by atoms with Gasteiger partial charge in [-0.2, -0.15) is 0 Å². The molecule has 3 rings (SSSR count). The molecule has 1 fully saturated rings. The van der Waals surface area contributed by atoms with E-state index in [1.165, 1.54) is 30.4 Å². The van der Waals surface area contributed by atoms with Crippen LogP contribution in [0.4, 0.5) is 0 Å². The zero-order valence-corrected chi connectivity index (χ0v) is 10.9. The van der Waals surface area contributed by atoms with Crippen molar-refractivity contribution < 1.29 is 9.84 Å². The molecule has 1 heterocycles. The number of methoxy groups -OCH3 is 1. The van der Waals surface area contributed by atoms with Gasteiger partial charge in [0, 0.05) is 26.2 Å². The van der Waals surface area contributed by atoms with Gasteiger partial charge in [0.15, 0.2) is 0 Å². The largest absolute Gasteiger partial charge is 0.508 e. The molecule has 3 heteroatoms. The summed E-state index contributed by atoms with van der Waals surface area (Å²) in [6.45, 7) is 2.13. The number of nitrogens with zero attached hydrogens (tertiary/aromatic N) is 1. The molecule has 0 radical (unpaired) electrons. The predicted molar refractivity (Wildman–Crippen MR) is 70.7 cm³/mol. The Morgan fingerprint density at radius 3 is 2.94 bits per heavy atom. The van der Waals surface area contributed by atoms with Crippen molar-refractivity contribution in [3.05, 3.63) is 29.3 Å². The van der Waals surface area contributed by atoms with Gasteiger partial charge in [0.05, 0.1) is 6.10 Å². The van der Waals surface area contributed by atoms with Crippen molar-refractivity contribution in [3.8, 4) is 5.75 Å². The Hall–Kier alpha value is -1.06. The molecule has 2 atom stereocenters. The first kappa shape index (κ1) is 12.0. The molecule has 98 valence electrons. The molecular formula is C15H21NO2. The molecule has 0 bridgehead atoms. The Labute approximate surface area is 108 Å². The molecule has 2 unspecified atom stereocenters. The molecule has 0 saturated heterocycles. The monoisotopic (exact) mass is 247 g/mol. The van der Waals surface area contributed by atoms with E-state index in [9.17, 15) is 5.11 Å². The first-order valence-corrected chi connectivity index (χ1v) is 6.84. The van der Waals surface area contributed by atoms with E-state index < -0.39 is 0 Å². The van der Waals surface area contributed by atoms with Gasteiger partial charge in [-0.25, -0.2) is 0 Å². The topological polar surface area (TPSA) is 32.7 Å². The molecular weight excluding hydrogens is 226 g/mol. The van der Waals surface area contributed by atoms with Crippen LogP contribution in [0.5, 0.6) is 5.75 Å². The highest BCUT2D eigenvalue weighted by Gasteiger charge is 2.30. The SMILES string of the molecule is COC1CCC(N2CCc3cc(O)ccc3C2)C1. The van der Waals surface area contributed by atoms with E-state index in [4.69, 9.17) is 4.74 Å². The lowest BCUT2D eigenvalue weighted by atomic mass is 9.98. The quantitative estimate of drug-likeness (QED) is 0.870. The van der Waals surface area contributed by atoms with Crippen LogP contribution in [0.2, 0.25) is 0 Å². The van der Waals surface area contributed by atoms with Crippen molar-refractivity contribution in [2.75, 3.05) is 13.7 Å². The van der Waals surface area contributed by atoms with Gasteiger partial charge in [-0.05, 0) is 48.9 Å². The normalized spacial score (nSPS) is 28.3. The van der Waals surface area contributed by atoms with Gasteiger partial charge in [0.1, 0.15) is 5.75 Å². The van der Waals surface area contributed by atoms with Gasteiger partial charge in [0.25, 0.3) is 0 Å². The number of aromatic hydroxyl groups is 1. The van der Waals surface area contributed by atoms with Gasteiger partial charge in [-0.3, -0.25) is 4.90 Å². The van der Waals surface area contributed by atoms with Crippen LogP contribution in [0.25, 0.3) is 0 Å². The Kier molecular flexibility index (Phi) is 3.27. The Bertz CT molecular complexity index is 433. The third-order valence-corrected chi connectivity index (χ3v) is 4.44. The minimum absolute atomic E-state index is 0.391. The summed E-state index contributed by atoms with van der Waals surface area (Å²) < 4.78 is 5.46. The lowest BCUT2D eigenvalue weighted by Gasteiger charge is -2.33. The molecule has 1 aromatic carbocycles. The summed E-state index contributed by atoms with van der Waals surface area (Å²) in [5.41, 5.74) is 2.69. The summed E-state index contributed by atoms with van der Waals surface area (Å²) in [4.78, 5) is 2.58. The minimum Gasteiger partial charge on any atom is -0.508 e. The van der Waals surface area contributed by atoms with E-state index in [0.717, 1.165) is 19.5 Å². The molecule has 0 amide bonds. The second kappa shape index (κ2) is 4.90. The molecule has 18 heavy (non-hydrogen) atoms. The first-order valence-electron chi connectivity index (χ1n) is 6.84. The van der Waals surface area contributed by atoms with Crippen molar-refractivity contribution in [1.82, 2.24) is 4.90 Å². The zero-order chi connectivity index (χ0) is 12.5. The number of hydrogen-bond donors (Lipinski definition) is 1. The smallest absolute Gasteiger partial charge is 0.115 e. The maximum Gasteiger partial charge on any atom is 0.115 e.